The molecule has 20 heavy (non-hydrogen) atoms. The topological polar surface area (TPSA) is 30.3 Å². The molecule has 1 aliphatic carbocycles. The fourth-order valence-corrected chi connectivity index (χ4v) is 3.95. The summed E-state index contributed by atoms with van der Waals surface area (Å²) in [5, 5.41) is 9.43. The highest BCUT2D eigenvalue weighted by molar-refractivity contribution is 4.98. The molecule has 2 fully saturated rings. The Balaban J connectivity index is 1.88. The second-order valence-electron chi connectivity index (χ2n) is 7.12. The highest BCUT2D eigenvalue weighted by Crippen LogP contribution is 2.34. The summed E-state index contributed by atoms with van der Waals surface area (Å²) in [6, 6.07) is 3.11. The first-order valence-corrected chi connectivity index (χ1v) is 8.50. The van der Waals surface area contributed by atoms with E-state index in [1.807, 2.05) is 0 Å². The van der Waals surface area contributed by atoms with Crippen LogP contribution in [-0.2, 0) is 0 Å². The Labute approximate surface area is 124 Å². The average Bonchev–Trinajstić information content (AvgIpc) is 2.46. The average molecular weight is 277 g/mol. The highest BCUT2D eigenvalue weighted by Gasteiger charge is 2.35. The highest BCUT2D eigenvalue weighted by atomic mass is 15.3. The molecule has 1 heterocycles. The number of hydrogen-bond acceptors (Lipinski definition) is 3. The molecule has 1 saturated heterocycles. The summed E-state index contributed by atoms with van der Waals surface area (Å²) in [5.74, 6) is 1.88. The van der Waals surface area contributed by atoms with Crippen LogP contribution in [0.1, 0.15) is 46.5 Å². The van der Waals surface area contributed by atoms with E-state index in [2.05, 4.69) is 36.6 Å². The van der Waals surface area contributed by atoms with Crippen molar-refractivity contribution in [3.05, 3.63) is 0 Å². The molecule has 3 atom stereocenters. The summed E-state index contributed by atoms with van der Waals surface area (Å²) < 4.78 is 0. The molecule has 0 radical (unpaired) electrons. The lowest BCUT2D eigenvalue weighted by atomic mass is 9.77. The minimum absolute atomic E-state index is 0.273. The summed E-state index contributed by atoms with van der Waals surface area (Å²) in [7, 11) is 0. The Morgan fingerprint density at radius 1 is 1.15 bits per heavy atom. The maximum absolute atomic E-state index is 9.43. The molecule has 0 aromatic carbocycles. The molecule has 0 N–H and O–H groups in total. The zero-order chi connectivity index (χ0) is 14.5. The van der Waals surface area contributed by atoms with Crippen molar-refractivity contribution in [2.45, 2.75) is 52.5 Å². The van der Waals surface area contributed by atoms with E-state index in [-0.39, 0.29) is 5.92 Å². The van der Waals surface area contributed by atoms with Gasteiger partial charge in [0, 0.05) is 38.8 Å². The van der Waals surface area contributed by atoms with Crippen molar-refractivity contribution in [3.8, 4) is 6.07 Å². The van der Waals surface area contributed by atoms with Crippen LogP contribution in [0.3, 0.4) is 0 Å². The van der Waals surface area contributed by atoms with Gasteiger partial charge in [0.1, 0.15) is 0 Å². The normalized spacial score (nSPS) is 33.2. The Bertz CT molecular complexity index is 326. The monoisotopic (exact) mass is 277 g/mol. The Morgan fingerprint density at radius 3 is 2.40 bits per heavy atom. The fourth-order valence-electron chi connectivity index (χ4n) is 3.95. The maximum atomic E-state index is 9.43. The molecule has 2 rings (SSSR count). The van der Waals surface area contributed by atoms with Gasteiger partial charge in [-0.05, 0) is 31.1 Å². The summed E-state index contributed by atoms with van der Waals surface area (Å²) in [5.41, 5.74) is 0. The van der Waals surface area contributed by atoms with Crippen molar-refractivity contribution in [1.82, 2.24) is 9.80 Å². The molecular weight excluding hydrogens is 246 g/mol. The van der Waals surface area contributed by atoms with Gasteiger partial charge in [0.15, 0.2) is 0 Å². The molecule has 0 aromatic heterocycles. The van der Waals surface area contributed by atoms with E-state index in [9.17, 15) is 5.26 Å². The Kier molecular flexibility index (Phi) is 5.86. The summed E-state index contributed by atoms with van der Waals surface area (Å²) in [6.45, 7) is 12.8. The lowest BCUT2D eigenvalue weighted by Gasteiger charge is -2.44. The molecule has 0 amide bonds. The quantitative estimate of drug-likeness (QED) is 0.791. The molecule has 3 unspecified atom stereocenters. The third kappa shape index (κ3) is 3.96. The van der Waals surface area contributed by atoms with Gasteiger partial charge in [-0.15, -0.1) is 0 Å². The first-order chi connectivity index (χ1) is 9.63. The van der Waals surface area contributed by atoms with Crippen LogP contribution < -0.4 is 0 Å². The lowest BCUT2D eigenvalue weighted by Crippen LogP contribution is -2.54. The molecule has 1 aliphatic heterocycles. The van der Waals surface area contributed by atoms with E-state index in [1.54, 1.807) is 0 Å². The molecule has 114 valence electrons. The van der Waals surface area contributed by atoms with Crippen molar-refractivity contribution in [2.24, 2.45) is 17.8 Å². The second kappa shape index (κ2) is 7.43. The van der Waals surface area contributed by atoms with Crippen LogP contribution in [0.2, 0.25) is 0 Å². The van der Waals surface area contributed by atoms with E-state index >= 15 is 0 Å². The van der Waals surface area contributed by atoms with E-state index in [4.69, 9.17) is 0 Å². The van der Waals surface area contributed by atoms with Crippen LogP contribution >= 0.6 is 0 Å². The Morgan fingerprint density at radius 2 is 1.85 bits per heavy atom. The molecule has 0 bridgehead atoms. The first-order valence-electron chi connectivity index (χ1n) is 8.50. The van der Waals surface area contributed by atoms with Crippen LogP contribution in [0.4, 0.5) is 0 Å². The van der Waals surface area contributed by atoms with Gasteiger partial charge in [-0.1, -0.05) is 27.2 Å². The van der Waals surface area contributed by atoms with Gasteiger partial charge in [-0.3, -0.25) is 4.90 Å². The fraction of sp³-hybridized carbons (Fsp3) is 0.941. The van der Waals surface area contributed by atoms with Crippen molar-refractivity contribution in [1.29, 1.82) is 5.26 Å². The van der Waals surface area contributed by atoms with Gasteiger partial charge in [0.2, 0.25) is 0 Å². The SMILES string of the molecule is CCC1CCC(C#N)C(N2CCN(CC(C)C)CC2)C1. The lowest BCUT2D eigenvalue weighted by molar-refractivity contribution is 0.0452. The third-order valence-corrected chi connectivity index (χ3v) is 5.17. The maximum Gasteiger partial charge on any atom is 0.0672 e. The minimum Gasteiger partial charge on any atom is -0.301 e. The molecule has 0 aromatic rings. The standard InChI is InChI=1S/C17H31N3/c1-4-15-5-6-16(12-18)17(11-15)20-9-7-19(8-10-20)13-14(2)3/h14-17H,4-11,13H2,1-3H3. The van der Waals surface area contributed by atoms with Crippen LogP contribution in [0.5, 0.6) is 0 Å². The van der Waals surface area contributed by atoms with Crippen LogP contribution in [0.25, 0.3) is 0 Å². The van der Waals surface area contributed by atoms with Crippen LogP contribution in [0.15, 0.2) is 0 Å². The summed E-state index contributed by atoms with van der Waals surface area (Å²) in [4.78, 5) is 5.20. The number of rotatable bonds is 4. The second-order valence-corrected chi connectivity index (χ2v) is 7.12. The predicted octanol–water partition coefficient (Wildman–Crippen LogP) is 2.98. The van der Waals surface area contributed by atoms with Gasteiger partial charge in [-0.25, -0.2) is 0 Å². The number of nitrogens with zero attached hydrogens (tertiary/aromatic N) is 3. The number of hydrogen-bond donors (Lipinski definition) is 0. The van der Waals surface area contributed by atoms with E-state index in [0.717, 1.165) is 31.3 Å². The van der Waals surface area contributed by atoms with Crippen LogP contribution in [-0.4, -0.2) is 48.6 Å². The van der Waals surface area contributed by atoms with Gasteiger partial charge in [0.25, 0.3) is 0 Å². The van der Waals surface area contributed by atoms with Crippen molar-refractivity contribution < 1.29 is 0 Å². The molecule has 2 aliphatic rings. The largest absolute Gasteiger partial charge is 0.301 e. The van der Waals surface area contributed by atoms with Gasteiger partial charge >= 0.3 is 0 Å². The van der Waals surface area contributed by atoms with Gasteiger partial charge < -0.3 is 4.90 Å². The van der Waals surface area contributed by atoms with E-state index in [1.165, 1.54) is 38.9 Å². The van der Waals surface area contributed by atoms with Crippen molar-refractivity contribution in [3.63, 3.8) is 0 Å². The number of piperazine rings is 1. The summed E-state index contributed by atoms with van der Waals surface area (Å²) in [6.07, 6.45) is 4.91. The molecule has 3 heteroatoms. The van der Waals surface area contributed by atoms with E-state index in [0.29, 0.717) is 6.04 Å². The van der Waals surface area contributed by atoms with Crippen molar-refractivity contribution >= 4 is 0 Å². The molecule has 0 spiro atoms. The molecule has 3 nitrogen and oxygen atoms in total. The minimum atomic E-state index is 0.273. The number of nitriles is 1. The zero-order valence-electron chi connectivity index (χ0n) is 13.5. The smallest absolute Gasteiger partial charge is 0.0672 e. The molecular formula is C17H31N3. The van der Waals surface area contributed by atoms with Gasteiger partial charge in [0.05, 0.1) is 12.0 Å². The van der Waals surface area contributed by atoms with Crippen LogP contribution in [0, 0.1) is 29.1 Å². The van der Waals surface area contributed by atoms with E-state index < -0.39 is 0 Å². The molecule has 1 saturated carbocycles. The summed E-state index contributed by atoms with van der Waals surface area (Å²) >= 11 is 0. The zero-order valence-corrected chi connectivity index (χ0v) is 13.5. The predicted molar refractivity (Wildman–Crippen MR) is 83.4 cm³/mol. The third-order valence-electron chi connectivity index (χ3n) is 5.17. The first kappa shape index (κ1) is 15.8. The van der Waals surface area contributed by atoms with Gasteiger partial charge in [-0.2, -0.15) is 5.26 Å². The Hall–Kier alpha value is -0.590. The van der Waals surface area contributed by atoms with Crippen molar-refractivity contribution in [2.75, 3.05) is 32.7 Å².